The Hall–Kier alpha value is -2.14. The van der Waals surface area contributed by atoms with Crippen LogP contribution in [0.25, 0.3) is 10.9 Å². The van der Waals surface area contributed by atoms with Crippen molar-refractivity contribution in [1.29, 1.82) is 0 Å². The van der Waals surface area contributed by atoms with E-state index < -0.39 is 0 Å². The fraction of sp³-hybridized carbons (Fsp3) is 0.125. The van der Waals surface area contributed by atoms with Gasteiger partial charge in [0.2, 0.25) is 0 Å². The number of aromatic nitrogens is 2. The molecule has 0 bridgehead atoms. The van der Waals surface area contributed by atoms with Crippen molar-refractivity contribution in [3.8, 4) is 0 Å². The average molecular weight is 344 g/mol. The van der Waals surface area contributed by atoms with Crippen molar-refractivity contribution < 1.29 is 4.79 Å². The van der Waals surface area contributed by atoms with Crippen molar-refractivity contribution in [2.75, 3.05) is 0 Å². The Labute approximate surface area is 130 Å². The number of carbonyl (C=O) groups excluding carboxylic acids is 1. The fourth-order valence-corrected chi connectivity index (χ4v) is 2.56. The first-order chi connectivity index (χ1) is 10.1. The van der Waals surface area contributed by atoms with Gasteiger partial charge in [-0.15, -0.1) is 0 Å². The Balaban J connectivity index is 1.80. The summed E-state index contributed by atoms with van der Waals surface area (Å²) < 4.78 is 0.977. The Kier molecular flexibility index (Phi) is 3.75. The van der Waals surface area contributed by atoms with Crippen LogP contribution in [0.15, 0.2) is 53.1 Å². The molecule has 1 atom stereocenters. The number of benzene rings is 1. The number of pyridine rings is 1. The summed E-state index contributed by atoms with van der Waals surface area (Å²) in [4.78, 5) is 19.7. The van der Waals surface area contributed by atoms with Gasteiger partial charge in [0.25, 0.3) is 5.91 Å². The largest absolute Gasteiger partial charge is 0.350 e. The maximum atomic E-state index is 12.3. The maximum Gasteiger partial charge on any atom is 0.268 e. The molecule has 1 aromatic carbocycles. The van der Waals surface area contributed by atoms with E-state index in [-0.39, 0.29) is 11.9 Å². The van der Waals surface area contributed by atoms with Crippen LogP contribution in [0, 0.1) is 0 Å². The number of H-pyrrole nitrogens is 1. The topological polar surface area (TPSA) is 57.8 Å². The van der Waals surface area contributed by atoms with Crippen LogP contribution < -0.4 is 5.32 Å². The molecule has 3 aromatic rings. The van der Waals surface area contributed by atoms with Gasteiger partial charge in [0.05, 0.1) is 11.7 Å². The number of halogens is 1. The van der Waals surface area contributed by atoms with E-state index in [1.165, 1.54) is 0 Å². The molecule has 0 spiro atoms. The molecule has 0 aliphatic carbocycles. The molecule has 0 saturated carbocycles. The van der Waals surface area contributed by atoms with E-state index in [1.54, 1.807) is 6.20 Å². The quantitative estimate of drug-likeness (QED) is 0.759. The molecule has 0 saturated heterocycles. The zero-order chi connectivity index (χ0) is 14.8. The zero-order valence-corrected chi connectivity index (χ0v) is 13.0. The monoisotopic (exact) mass is 343 g/mol. The van der Waals surface area contributed by atoms with Gasteiger partial charge in [-0.05, 0) is 37.3 Å². The van der Waals surface area contributed by atoms with Crippen LogP contribution >= 0.6 is 15.9 Å². The second-order valence-corrected chi connectivity index (χ2v) is 5.78. The highest BCUT2D eigenvalue weighted by Gasteiger charge is 2.14. The summed E-state index contributed by atoms with van der Waals surface area (Å²) in [5.41, 5.74) is 2.32. The molecule has 0 radical (unpaired) electrons. The van der Waals surface area contributed by atoms with Crippen LogP contribution in [0.1, 0.15) is 29.1 Å². The maximum absolute atomic E-state index is 12.3. The van der Waals surface area contributed by atoms with Crippen molar-refractivity contribution in [3.05, 3.63) is 64.5 Å². The lowest BCUT2D eigenvalue weighted by atomic mass is 10.2. The third-order valence-electron chi connectivity index (χ3n) is 3.31. The highest BCUT2D eigenvalue weighted by atomic mass is 79.9. The lowest BCUT2D eigenvalue weighted by molar-refractivity contribution is 0.0935. The minimum Gasteiger partial charge on any atom is -0.350 e. The van der Waals surface area contributed by atoms with Gasteiger partial charge < -0.3 is 10.3 Å². The predicted molar refractivity (Wildman–Crippen MR) is 86.1 cm³/mol. The minimum absolute atomic E-state index is 0.138. The van der Waals surface area contributed by atoms with Gasteiger partial charge in [0.15, 0.2) is 0 Å². The Bertz CT molecular complexity index is 783. The standard InChI is InChI=1S/C16H14BrN3O/c1-10(13-4-2-3-7-18-13)19-16(21)15-8-11-5-6-12(17)9-14(11)20-15/h2-10,20H,1H3,(H,19,21). The van der Waals surface area contributed by atoms with Crippen LogP contribution in [-0.2, 0) is 0 Å². The summed E-state index contributed by atoms with van der Waals surface area (Å²) in [6.07, 6.45) is 1.72. The van der Waals surface area contributed by atoms with E-state index in [0.717, 1.165) is 21.1 Å². The molecule has 21 heavy (non-hydrogen) atoms. The summed E-state index contributed by atoms with van der Waals surface area (Å²) in [5.74, 6) is -0.138. The van der Waals surface area contributed by atoms with Crippen LogP contribution in [-0.4, -0.2) is 15.9 Å². The Morgan fingerprint density at radius 3 is 2.90 bits per heavy atom. The number of nitrogens with one attached hydrogen (secondary N) is 2. The zero-order valence-electron chi connectivity index (χ0n) is 11.4. The molecule has 3 rings (SSSR count). The molecule has 0 aliphatic heterocycles. The molecule has 4 nitrogen and oxygen atoms in total. The SMILES string of the molecule is CC(NC(=O)c1cc2ccc(Br)cc2[nH]1)c1ccccn1. The van der Waals surface area contributed by atoms with Crippen LogP contribution in [0.3, 0.4) is 0 Å². The van der Waals surface area contributed by atoms with Gasteiger partial charge in [0.1, 0.15) is 5.69 Å². The molecule has 0 aliphatic rings. The molecule has 106 valence electrons. The number of amides is 1. The average Bonchev–Trinajstić information content (AvgIpc) is 2.91. The summed E-state index contributed by atoms with van der Waals surface area (Å²) in [6.45, 7) is 1.92. The predicted octanol–water partition coefficient (Wildman–Crippen LogP) is 3.82. The van der Waals surface area contributed by atoms with Crippen molar-refractivity contribution in [2.45, 2.75) is 13.0 Å². The number of aromatic amines is 1. The van der Waals surface area contributed by atoms with E-state index in [0.29, 0.717) is 5.69 Å². The molecule has 1 amide bonds. The molecule has 5 heteroatoms. The highest BCUT2D eigenvalue weighted by Crippen LogP contribution is 2.20. The number of carbonyl (C=O) groups is 1. The van der Waals surface area contributed by atoms with E-state index in [9.17, 15) is 4.79 Å². The van der Waals surface area contributed by atoms with Crippen molar-refractivity contribution in [2.24, 2.45) is 0 Å². The van der Waals surface area contributed by atoms with Gasteiger partial charge in [-0.2, -0.15) is 0 Å². The van der Waals surface area contributed by atoms with Crippen LogP contribution in [0.4, 0.5) is 0 Å². The van der Waals surface area contributed by atoms with Gasteiger partial charge in [-0.3, -0.25) is 9.78 Å². The van der Waals surface area contributed by atoms with Gasteiger partial charge >= 0.3 is 0 Å². The first kappa shape index (κ1) is 13.8. The summed E-state index contributed by atoms with van der Waals surface area (Å²) in [7, 11) is 0. The lowest BCUT2D eigenvalue weighted by Gasteiger charge is -2.12. The summed E-state index contributed by atoms with van der Waals surface area (Å²) in [5, 5.41) is 3.95. The molecule has 2 aromatic heterocycles. The lowest BCUT2D eigenvalue weighted by Crippen LogP contribution is -2.27. The van der Waals surface area contributed by atoms with E-state index in [1.807, 2.05) is 49.4 Å². The summed E-state index contributed by atoms with van der Waals surface area (Å²) >= 11 is 3.42. The number of rotatable bonds is 3. The third-order valence-corrected chi connectivity index (χ3v) is 3.80. The number of hydrogen-bond acceptors (Lipinski definition) is 2. The van der Waals surface area contributed by atoms with Crippen molar-refractivity contribution in [1.82, 2.24) is 15.3 Å². The third kappa shape index (κ3) is 2.97. The number of nitrogens with zero attached hydrogens (tertiary/aromatic N) is 1. The molecule has 1 unspecified atom stereocenters. The van der Waals surface area contributed by atoms with E-state index in [2.05, 4.69) is 31.2 Å². The van der Waals surface area contributed by atoms with E-state index >= 15 is 0 Å². The highest BCUT2D eigenvalue weighted by molar-refractivity contribution is 9.10. The molecular formula is C16H14BrN3O. The molecule has 0 fully saturated rings. The van der Waals surface area contributed by atoms with Crippen molar-refractivity contribution >= 4 is 32.7 Å². The fourth-order valence-electron chi connectivity index (χ4n) is 2.20. The van der Waals surface area contributed by atoms with E-state index in [4.69, 9.17) is 0 Å². The number of hydrogen-bond donors (Lipinski definition) is 2. The second-order valence-electron chi connectivity index (χ2n) is 4.86. The van der Waals surface area contributed by atoms with Gasteiger partial charge in [-0.25, -0.2) is 0 Å². The number of fused-ring (bicyclic) bond motifs is 1. The first-order valence-corrected chi connectivity index (χ1v) is 7.43. The minimum atomic E-state index is -0.142. The van der Waals surface area contributed by atoms with Crippen LogP contribution in [0.5, 0.6) is 0 Å². The second kappa shape index (κ2) is 5.69. The van der Waals surface area contributed by atoms with Gasteiger partial charge in [-0.1, -0.05) is 28.1 Å². The first-order valence-electron chi connectivity index (χ1n) is 6.63. The van der Waals surface area contributed by atoms with Crippen LogP contribution in [0.2, 0.25) is 0 Å². The van der Waals surface area contributed by atoms with Gasteiger partial charge in [0, 0.05) is 21.6 Å². The van der Waals surface area contributed by atoms with Crippen molar-refractivity contribution in [3.63, 3.8) is 0 Å². The summed E-state index contributed by atoms with van der Waals surface area (Å²) in [6, 6.07) is 13.2. The Morgan fingerprint density at radius 2 is 2.14 bits per heavy atom. The molecule has 2 heterocycles. The molecular weight excluding hydrogens is 330 g/mol. The normalized spacial score (nSPS) is 12.3. The Morgan fingerprint density at radius 1 is 1.29 bits per heavy atom. The smallest absolute Gasteiger partial charge is 0.268 e. The molecule has 2 N–H and O–H groups in total.